The lowest BCUT2D eigenvalue weighted by atomic mass is 10.0. The van der Waals surface area contributed by atoms with Gasteiger partial charge in [-0.2, -0.15) is 0 Å². The molecule has 0 spiro atoms. The molecule has 4 heteroatoms. The predicted octanol–water partition coefficient (Wildman–Crippen LogP) is 2.36. The lowest BCUT2D eigenvalue weighted by Crippen LogP contribution is -2.00. The largest absolute Gasteiger partial charge is 0.493 e. The fraction of sp³-hybridized carbons (Fsp3) is 0.154. The van der Waals surface area contributed by atoms with Crippen molar-refractivity contribution in [3.8, 4) is 11.5 Å². The van der Waals surface area contributed by atoms with Crippen molar-refractivity contribution in [1.29, 1.82) is 0 Å². The van der Waals surface area contributed by atoms with Gasteiger partial charge in [0.1, 0.15) is 0 Å². The first kappa shape index (κ1) is 12.8. The highest BCUT2D eigenvalue weighted by molar-refractivity contribution is 6.15. The van der Waals surface area contributed by atoms with Gasteiger partial charge in [0.2, 0.25) is 0 Å². The van der Waals surface area contributed by atoms with Gasteiger partial charge >= 0.3 is 5.97 Å². The molecule has 0 aliphatic heterocycles. The zero-order valence-electron chi connectivity index (χ0n) is 9.77. The van der Waals surface area contributed by atoms with Crippen LogP contribution in [0.4, 0.5) is 0 Å². The molecular formula is C13H14O4. The molecule has 0 saturated carbocycles. The molecule has 0 bridgehead atoms. The van der Waals surface area contributed by atoms with Crippen LogP contribution in [-0.4, -0.2) is 25.3 Å². The number of carboxylic acids is 1. The maximum absolute atomic E-state index is 11.1. The number of aliphatic carboxylic acids is 1. The molecule has 90 valence electrons. The van der Waals surface area contributed by atoms with Crippen molar-refractivity contribution < 1.29 is 19.4 Å². The van der Waals surface area contributed by atoms with Crippen LogP contribution in [0.1, 0.15) is 5.56 Å². The van der Waals surface area contributed by atoms with Gasteiger partial charge in [0, 0.05) is 0 Å². The summed E-state index contributed by atoms with van der Waals surface area (Å²) < 4.78 is 10.2. The fourth-order valence-corrected chi connectivity index (χ4v) is 1.41. The van der Waals surface area contributed by atoms with Gasteiger partial charge < -0.3 is 14.6 Å². The Morgan fingerprint density at radius 2 is 1.94 bits per heavy atom. The molecule has 0 unspecified atom stereocenters. The van der Waals surface area contributed by atoms with Crippen LogP contribution in [0.3, 0.4) is 0 Å². The lowest BCUT2D eigenvalue weighted by molar-refractivity contribution is -0.130. The smallest absolute Gasteiger partial charge is 0.336 e. The Bertz CT molecular complexity index is 460. The molecular weight excluding hydrogens is 220 g/mol. The molecule has 0 aliphatic rings. The van der Waals surface area contributed by atoms with Crippen LogP contribution >= 0.6 is 0 Å². The number of benzene rings is 1. The minimum Gasteiger partial charge on any atom is -0.493 e. The van der Waals surface area contributed by atoms with Gasteiger partial charge in [-0.05, 0) is 23.8 Å². The van der Waals surface area contributed by atoms with E-state index in [4.69, 9.17) is 14.6 Å². The Hall–Kier alpha value is -2.23. The van der Waals surface area contributed by atoms with Gasteiger partial charge in [-0.25, -0.2) is 4.79 Å². The van der Waals surface area contributed by atoms with Crippen molar-refractivity contribution >= 4 is 11.5 Å². The monoisotopic (exact) mass is 234 g/mol. The molecule has 17 heavy (non-hydrogen) atoms. The summed E-state index contributed by atoms with van der Waals surface area (Å²) in [6, 6.07) is 4.93. The molecule has 1 N–H and O–H groups in total. The minimum atomic E-state index is -1.02. The standard InChI is InChI=1S/C13H14O4/c1-4-5-10(13(14)15)9-6-7-11(16-2)12(8-9)17-3/h4-8H,1H2,2-3H3,(H,14,15). The van der Waals surface area contributed by atoms with E-state index in [9.17, 15) is 4.79 Å². The number of ether oxygens (including phenoxy) is 2. The number of allylic oxidation sites excluding steroid dienone is 2. The van der Waals surface area contributed by atoms with Crippen molar-refractivity contribution in [2.75, 3.05) is 14.2 Å². The second-order valence-electron chi connectivity index (χ2n) is 3.19. The number of rotatable bonds is 5. The van der Waals surface area contributed by atoms with Crippen LogP contribution in [0.15, 0.2) is 36.9 Å². The molecule has 0 heterocycles. The van der Waals surface area contributed by atoms with E-state index >= 15 is 0 Å². The van der Waals surface area contributed by atoms with Crippen molar-refractivity contribution in [1.82, 2.24) is 0 Å². The predicted molar refractivity (Wildman–Crippen MR) is 65.4 cm³/mol. The SMILES string of the molecule is C=CC=C(C(=O)O)c1ccc(OC)c(OC)c1. The maximum Gasteiger partial charge on any atom is 0.336 e. The second-order valence-corrected chi connectivity index (χ2v) is 3.19. The average molecular weight is 234 g/mol. The second kappa shape index (κ2) is 5.75. The van der Waals surface area contributed by atoms with Crippen LogP contribution in [0.5, 0.6) is 11.5 Å². The van der Waals surface area contributed by atoms with E-state index in [1.165, 1.54) is 26.4 Å². The summed E-state index contributed by atoms with van der Waals surface area (Å²) >= 11 is 0. The zero-order valence-corrected chi connectivity index (χ0v) is 9.77. The summed E-state index contributed by atoms with van der Waals surface area (Å²) in [6.07, 6.45) is 2.86. The number of hydrogen-bond acceptors (Lipinski definition) is 3. The normalized spacial score (nSPS) is 10.8. The Labute approximate surface area is 99.8 Å². The molecule has 0 saturated heterocycles. The van der Waals surface area contributed by atoms with E-state index < -0.39 is 5.97 Å². The van der Waals surface area contributed by atoms with Crippen LogP contribution in [0, 0.1) is 0 Å². The molecule has 1 aromatic carbocycles. The maximum atomic E-state index is 11.1. The van der Waals surface area contributed by atoms with Gasteiger partial charge in [-0.3, -0.25) is 0 Å². The van der Waals surface area contributed by atoms with Crippen LogP contribution < -0.4 is 9.47 Å². The third-order valence-corrected chi connectivity index (χ3v) is 2.21. The molecule has 0 amide bonds. The summed E-state index contributed by atoms with van der Waals surface area (Å²) in [4.78, 5) is 11.1. The van der Waals surface area contributed by atoms with Crippen LogP contribution in [0.25, 0.3) is 5.57 Å². The average Bonchev–Trinajstić information content (AvgIpc) is 2.34. The Morgan fingerprint density at radius 1 is 1.29 bits per heavy atom. The lowest BCUT2D eigenvalue weighted by Gasteiger charge is -2.09. The Kier molecular flexibility index (Phi) is 4.34. The van der Waals surface area contributed by atoms with Crippen molar-refractivity contribution in [2.24, 2.45) is 0 Å². The molecule has 1 aromatic rings. The number of carbonyl (C=O) groups is 1. The highest BCUT2D eigenvalue weighted by Gasteiger charge is 2.12. The van der Waals surface area contributed by atoms with Gasteiger partial charge in [-0.1, -0.05) is 18.7 Å². The number of hydrogen-bond donors (Lipinski definition) is 1. The Balaban J connectivity index is 3.27. The summed E-state index contributed by atoms with van der Waals surface area (Å²) in [7, 11) is 3.02. The van der Waals surface area contributed by atoms with Gasteiger partial charge in [0.25, 0.3) is 0 Å². The van der Waals surface area contributed by atoms with Gasteiger partial charge in [0.05, 0.1) is 19.8 Å². The van der Waals surface area contributed by atoms with E-state index in [1.807, 2.05) is 0 Å². The van der Waals surface area contributed by atoms with Crippen molar-refractivity contribution in [3.63, 3.8) is 0 Å². The molecule has 0 aromatic heterocycles. The van der Waals surface area contributed by atoms with Crippen molar-refractivity contribution in [2.45, 2.75) is 0 Å². The summed E-state index contributed by atoms with van der Waals surface area (Å²) in [5.41, 5.74) is 0.691. The first-order chi connectivity index (χ1) is 8.13. The van der Waals surface area contributed by atoms with E-state index in [-0.39, 0.29) is 5.57 Å². The van der Waals surface area contributed by atoms with Crippen LogP contribution in [0.2, 0.25) is 0 Å². The molecule has 1 rings (SSSR count). The quantitative estimate of drug-likeness (QED) is 0.627. The third-order valence-electron chi connectivity index (χ3n) is 2.21. The summed E-state index contributed by atoms with van der Waals surface area (Å²) in [6.45, 7) is 3.49. The van der Waals surface area contributed by atoms with Gasteiger partial charge in [0.15, 0.2) is 11.5 Å². The summed E-state index contributed by atoms with van der Waals surface area (Å²) in [5.74, 6) is 0.0259. The minimum absolute atomic E-state index is 0.154. The van der Waals surface area contributed by atoms with Crippen molar-refractivity contribution in [3.05, 3.63) is 42.5 Å². The number of carboxylic acid groups (broad SMARTS) is 1. The summed E-state index contributed by atoms with van der Waals surface area (Å²) in [5, 5.41) is 9.06. The van der Waals surface area contributed by atoms with E-state index in [1.54, 1.807) is 18.2 Å². The molecule has 0 radical (unpaired) electrons. The van der Waals surface area contributed by atoms with Crippen LogP contribution in [-0.2, 0) is 4.79 Å². The first-order valence-electron chi connectivity index (χ1n) is 4.92. The Morgan fingerprint density at radius 3 is 2.41 bits per heavy atom. The number of methoxy groups -OCH3 is 2. The molecule has 4 nitrogen and oxygen atoms in total. The third kappa shape index (κ3) is 2.87. The van der Waals surface area contributed by atoms with E-state index in [2.05, 4.69) is 6.58 Å². The first-order valence-corrected chi connectivity index (χ1v) is 4.92. The fourth-order valence-electron chi connectivity index (χ4n) is 1.41. The molecule has 0 atom stereocenters. The molecule has 0 fully saturated rings. The highest BCUT2D eigenvalue weighted by Crippen LogP contribution is 2.30. The zero-order chi connectivity index (χ0) is 12.8. The topological polar surface area (TPSA) is 55.8 Å². The molecule has 0 aliphatic carbocycles. The van der Waals surface area contributed by atoms with E-state index in [0.29, 0.717) is 17.1 Å². The van der Waals surface area contributed by atoms with Gasteiger partial charge in [-0.15, -0.1) is 0 Å². The van der Waals surface area contributed by atoms with E-state index in [0.717, 1.165) is 0 Å². The highest BCUT2D eigenvalue weighted by atomic mass is 16.5.